The lowest BCUT2D eigenvalue weighted by molar-refractivity contribution is 1.04. The summed E-state index contributed by atoms with van der Waals surface area (Å²) < 4.78 is 1.25. The van der Waals surface area contributed by atoms with Crippen LogP contribution in [0.1, 0.15) is 16.7 Å². The van der Waals surface area contributed by atoms with Gasteiger partial charge in [-0.05, 0) is 52.8 Å². The van der Waals surface area contributed by atoms with E-state index in [1.54, 1.807) is 0 Å². The van der Waals surface area contributed by atoms with Crippen LogP contribution in [0.25, 0.3) is 0 Å². The van der Waals surface area contributed by atoms with E-state index in [9.17, 15) is 0 Å². The maximum Gasteiger partial charge on any atom is 0.129 e. The Morgan fingerprint density at radius 3 is 2.44 bits per heavy atom. The topological polar surface area (TPSA) is 26.0 Å². The average molecular weight is 343 g/mol. The smallest absolute Gasteiger partial charge is 0.129 e. The SMILES string of the molecule is Cc1c(I)cc(C#C[Si](C)(C)C)cc1CN. The molecule has 1 nitrogen and oxygen atoms in total. The Balaban J connectivity index is 3.16. The Morgan fingerprint density at radius 1 is 1.31 bits per heavy atom. The van der Waals surface area contributed by atoms with Crippen molar-refractivity contribution in [2.45, 2.75) is 33.1 Å². The highest BCUT2D eigenvalue weighted by Crippen LogP contribution is 2.18. The van der Waals surface area contributed by atoms with Crippen LogP contribution in [0.4, 0.5) is 0 Å². The fourth-order valence-electron chi connectivity index (χ4n) is 1.28. The zero-order valence-electron chi connectivity index (χ0n) is 10.3. The van der Waals surface area contributed by atoms with Crippen molar-refractivity contribution >= 4 is 30.7 Å². The Labute approximate surface area is 113 Å². The zero-order valence-corrected chi connectivity index (χ0v) is 13.5. The summed E-state index contributed by atoms with van der Waals surface area (Å²) in [6, 6.07) is 4.26. The molecule has 0 amide bonds. The molecule has 0 bridgehead atoms. The van der Waals surface area contributed by atoms with Crippen LogP contribution < -0.4 is 5.73 Å². The van der Waals surface area contributed by atoms with Gasteiger partial charge < -0.3 is 5.73 Å². The lowest BCUT2D eigenvalue weighted by atomic mass is 10.1. The van der Waals surface area contributed by atoms with Crippen LogP contribution in [0.5, 0.6) is 0 Å². The second-order valence-corrected chi connectivity index (χ2v) is 10.9. The van der Waals surface area contributed by atoms with Gasteiger partial charge in [0.15, 0.2) is 0 Å². The summed E-state index contributed by atoms with van der Waals surface area (Å²) >= 11 is 2.35. The van der Waals surface area contributed by atoms with E-state index in [4.69, 9.17) is 5.73 Å². The fraction of sp³-hybridized carbons (Fsp3) is 0.385. The predicted octanol–water partition coefficient (Wildman–Crippen LogP) is 3.29. The second-order valence-electron chi connectivity index (χ2n) is 4.95. The van der Waals surface area contributed by atoms with Gasteiger partial charge in [-0.1, -0.05) is 25.6 Å². The fourth-order valence-corrected chi connectivity index (χ4v) is 2.48. The van der Waals surface area contributed by atoms with Crippen molar-refractivity contribution in [3.63, 3.8) is 0 Å². The van der Waals surface area contributed by atoms with Crippen LogP contribution >= 0.6 is 22.6 Å². The lowest BCUT2D eigenvalue weighted by Gasteiger charge is -2.07. The van der Waals surface area contributed by atoms with E-state index in [0.29, 0.717) is 6.54 Å². The molecule has 0 aliphatic heterocycles. The molecule has 0 radical (unpaired) electrons. The summed E-state index contributed by atoms with van der Waals surface area (Å²) in [6.07, 6.45) is 0. The highest BCUT2D eigenvalue weighted by atomic mass is 127. The van der Waals surface area contributed by atoms with Gasteiger partial charge in [0.1, 0.15) is 8.07 Å². The first kappa shape index (κ1) is 13.8. The monoisotopic (exact) mass is 343 g/mol. The minimum atomic E-state index is -1.29. The van der Waals surface area contributed by atoms with Gasteiger partial charge in [-0.15, -0.1) is 5.54 Å². The molecule has 0 unspecified atom stereocenters. The molecule has 0 spiro atoms. The molecule has 3 heteroatoms. The Kier molecular flexibility index (Phi) is 4.59. The number of rotatable bonds is 1. The maximum absolute atomic E-state index is 5.73. The van der Waals surface area contributed by atoms with E-state index in [-0.39, 0.29) is 0 Å². The highest BCUT2D eigenvalue weighted by molar-refractivity contribution is 14.1. The summed E-state index contributed by atoms with van der Waals surface area (Å²) in [7, 11) is -1.29. The molecule has 2 N–H and O–H groups in total. The van der Waals surface area contributed by atoms with E-state index in [0.717, 1.165) is 5.56 Å². The van der Waals surface area contributed by atoms with Gasteiger partial charge in [-0.3, -0.25) is 0 Å². The quantitative estimate of drug-likeness (QED) is 0.473. The van der Waals surface area contributed by atoms with E-state index >= 15 is 0 Å². The van der Waals surface area contributed by atoms with Crippen molar-refractivity contribution < 1.29 is 0 Å². The number of hydrogen-bond acceptors (Lipinski definition) is 1. The number of benzene rings is 1. The largest absolute Gasteiger partial charge is 0.326 e. The number of hydrogen-bond donors (Lipinski definition) is 1. The summed E-state index contributed by atoms with van der Waals surface area (Å²) in [4.78, 5) is 0. The first-order valence-corrected chi connectivity index (χ1v) is 9.93. The molecule has 0 aromatic heterocycles. The van der Waals surface area contributed by atoms with Crippen LogP contribution in [0, 0.1) is 22.0 Å². The van der Waals surface area contributed by atoms with E-state index in [1.807, 2.05) is 0 Å². The number of halogens is 1. The normalized spacial score (nSPS) is 10.9. The van der Waals surface area contributed by atoms with Crippen molar-refractivity contribution in [3.8, 4) is 11.5 Å². The molecule has 0 aliphatic rings. The Bertz CT molecular complexity index is 449. The third-order valence-electron chi connectivity index (χ3n) is 2.25. The van der Waals surface area contributed by atoms with Gasteiger partial charge in [0.2, 0.25) is 0 Å². The molecule has 0 aliphatic carbocycles. The van der Waals surface area contributed by atoms with Gasteiger partial charge in [0, 0.05) is 15.7 Å². The standard InChI is InChI=1S/C13H18INSi/c1-10-12(9-15)7-11(8-13(10)14)5-6-16(2,3)4/h7-8H,9,15H2,1-4H3. The first-order chi connectivity index (χ1) is 7.33. The molecule has 0 heterocycles. The van der Waals surface area contributed by atoms with Crippen LogP contribution in [0.3, 0.4) is 0 Å². The molecule has 1 rings (SSSR count). The molecule has 0 atom stereocenters. The Hall–Kier alpha value is -0.313. The van der Waals surface area contributed by atoms with Crippen LogP contribution in [-0.4, -0.2) is 8.07 Å². The van der Waals surface area contributed by atoms with Gasteiger partial charge in [0.25, 0.3) is 0 Å². The molecular weight excluding hydrogens is 325 g/mol. The molecular formula is C13H18INSi. The van der Waals surface area contributed by atoms with Gasteiger partial charge in [-0.25, -0.2) is 0 Å². The van der Waals surface area contributed by atoms with Crippen LogP contribution in [-0.2, 0) is 6.54 Å². The van der Waals surface area contributed by atoms with E-state index < -0.39 is 8.07 Å². The summed E-state index contributed by atoms with van der Waals surface area (Å²) in [5, 5.41) is 0. The van der Waals surface area contributed by atoms with Crippen molar-refractivity contribution in [3.05, 3.63) is 32.4 Å². The van der Waals surface area contributed by atoms with E-state index in [1.165, 1.54) is 14.7 Å². The first-order valence-electron chi connectivity index (χ1n) is 5.36. The Morgan fingerprint density at radius 2 is 1.94 bits per heavy atom. The summed E-state index contributed by atoms with van der Waals surface area (Å²) in [5.74, 6) is 3.28. The minimum absolute atomic E-state index is 0.588. The van der Waals surface area contributed by atoms with E-state index in [2.05, 4.69) is 72.8 Å². The number of nitrogens with two attached hydrogens (primary N) is 1. The van der Waals surface area contributed by atoms with Gasteiger partial charge >= 0.3 is 0 Å². The third kappa shape index (κ3) is 3.93. The highest BCUT2D eigenvalue weighted by Gasteiger charge is 2.08. The zero-order chi connectivity index (χ0) is 12.3. The predicted molar refractivity (Wildman–Crippen MR) is 82.0 cm³/mol. The van der Waals surface area contributed by atoms with Gasteiger partial charge in [0.05, 0.1) is 0 Å². The molecule has 0 saturated carbocycles. The average Bonchev–Trinajstić information content (AvgIpc) is 2.18. The van der Waals surface area contributed by atoms with Crippen molar-refractivity contribution in [1.82, 2.24) is 0 Å². The van der Waals surface area contributed by atoms with Gasteiger partial charge in [-0.2, -0.15) is 0 Å². The lowest BCUT2D eigenvalue weighted by Crippen LogP contribution is -2.16. The molecule has 0 fully saturated rings. The summed E-state index contributed by atoms with van der Waals surface area (Å²) in [5.41, 5.74) is 12.7. The minimum Gasteiger partial charge on any atom is -0.326 e. The van der Waals surface area contributed by atoms with Crippen LogP contribution in [0.2, 0.25) is 19.6 Å². The second kappa shape index (κ2) is 5.35. The third-order valence-corrected chi connectivity index (χ3v) is 4.25. The summed E-state index contributed by atoms with van der Waals surface area (Å²) in [6.45, 7) is 9.46. The van der Waals surface area contributed by atoms with Crippen molar-refractivity contribution in [1.29, 1.82) is 0 Å². The molecule has 0 saturated heterocycles. The molecule has 86 valence electrons. The van der Waals surface area contributed by atoms with Crippen molar-refractivity contribution in [2.24, 2.45) is 5.73 Å². The molecule has 1 aromatic carbocycles. The van der Waals surface area contributed by atoms with Crippen molar-refractivity contribution in [2.75, 3.05) is 0 Å². The molecule has 16 heavy (non-hydrogen) atoms. The maximum atomic E-state index is 5.73. The molecule has 1 aromatic rings. The van der Waals surface area contributed by atoms with Crippen LogP contribution in [0.15, 0.2) is 12.1 Å².